The van der Waals surface area contributed by atoms with Gasteiger partial charge in [-0.1, -0.05) is 22.0 Å². The number of carbonyl (C=O) groups is 1. The molecule has 0 atom stereocenters. The second-order valence-electron chi connectivity index (χ2n) is 5.00. The van der Waals surface area contributed by atoms with E-state index in [0.29, 0.717) is 25.5 Å². The Bertz CT molecular complexity index is 660. The molecule has 0 aromatic heterocycles. The van der Waals surface area contributed by atoms with E-state index >= 15 is 0 Å². The van der Waals surface area contributed by atoms with Gasteiger partial charge >= 0.3 is 6.09 Å². The second-order valence-corrected chi connectivity index (χ2v) is 5.92. The van der Waals surface area contributed by atoms with Crippen molar-refractivity contribution in [3.63, 3.8) is 0 Å². The molecule has 2 aromatic carbocycles. The van der Waals surface area contributed by atoms with E-state index in [1.54, 1.807) is 14.0 Å². The summed E-state index contributed by atoms with van der Waals surface area (Å²) in [5.74, 6) is 2.20. The van der Waals surface area contributed by atoms with Crippen LogP contribution in [0.3, 0.4) is 0 Å². The van der Waals surface area contributed by atoms with E-state index in [2.05, 4.69) is 15.9 Å². The molecule has 0 spiro atoms. The zero-order valence-electron chi connectivity index (χ0n) is 13.7. The number of halogens is 1. The lowest BCUT2D eigenvalue weighted by atomic mass is 10.3. The van der Waals surface area contributed by atoms with Crippen LogP contribution < -0.4 is 9.47 Å². The van der Waals surface area contributed by atoms with Gasteiger partial charge in [-0.25, -0.2) is 4.79 Å². The molecular weight excluding hydrogens is 374 g/mol. The summed E-state index contributed by atoms with van der Waals surface area (Å²) in [7, 11) is 1.68. The fraction of sp³-hybridized carbons (Fsp3) is 0.278. The maximum atomic E-state index is 11.5. The van der Waals surface area contributed by atoms with Gasteiger partial charge in [0.05, 0.1) is 13.2 Å². The SMILES string of the molecule is CCOC(=O)N(C)CCOc1ccc(Oc2cccc(Br)c2)cc1. The average Bonchev–Trinajstić information content (AvgIpc) is 2.56. The second kappa shape index (κ2) is 9.17. The maximum Gasteiger partial charge on any atom is 0.409 e. The van der Waals surface area contributed by atoms with Crippen LogP contribution in [0.2, 0.25) is 0 Å². The topological polar surface area (TPSA) is 48.0 Å². The van der Waals surface area contributed by atoms with Crippen molar-refractivity contribution in [1.82, 2.24) is 4.90 Å². The Hall–Kier alpha value is -2.21. The van der Waals surface area contributed by atoms with Crippen LogP contribution >= 0.6 is 15.9 Å². The van der Waals surface area contributed by atoms with Crippen molar-refractivity contribution in [3.8, 4) is 17.2 Å². The molecule has 0 heterocycles. The number of nitrogens with zero attached hydrogens (tertiary/aromatic N) is 1. The Balaban J connectivity index is 1.81. The van der Waals surface area contributed by atoms with E-state index in [9.17, 15) is 4.79 Å². The summed E-state index contributed by atoms with van der Waals surface area (Å²) in [5, 5.41) is 0. The van der Waals surface area contributed by atoms with E-state index in [-0.39, 0.29) is 6.09 Å². The van der Waals surface area contributed by atoms with E-state index in [1.807, 2.05) is 48.5 Å². The molecule has 2 rings (SSSR count). The van der Waals surface area contributed by atoms with Crippen LogP contribution in [0.1, 0.15) is 6.92 Å². The normalized spacial score (nSPS) is 10.1. The Labute approximate surface area is 150 Å². The van der Waals surface area contributed by atoms with E-state index in [4.69, 9.17) is 14.2 Å². The van der Waals surface area contributed by atoms with Crippen LogP contribution in [0, 0.1) is 0 Å². The molecule has 0 unspecified atom stereocenters. The highest BCUT2D eigenvalue weighted by atomic mass is 79.9. The van der Waals surface area contributed by atoms with Crippen molar-refractivity contribution in [2.45, 2.75) is 6.92 Å². The molecule has 0 N–H and O–H groups in total. The Morgan fingerprint density at radius 2 is 1.79 bits per heavy atom. The van der Waals surface area contributed by atoms with E-state index in [0.717, 1.165) is 16.0 Å². The average molecular weight is 394 g/mol. The molecule has 24 heavy (non-hydrogen) atoms. The number of benzene rings is 2. The lowest BCUT2D eigenvalue weighted by Gasteiger charge is -2.16. The van der Waals surface area contributed by atoms with Crippen molar-refractivity contribution >= 4 is 22.0 Å². The largest absolute Gasteiger partial charge is 0.492 e. The smallest absolute Gasteiger partial charge is 0.409 e. The van der Waals surface area contributed by atoms with Gasteiger partial charge in [0.2, 0.25) is 0 Å². The summed E-state index contributed by atoms with van der Waals surface area (Å²) in [4.78, 5) is 12.9. The Kier molecular flexibility index (Phi) is 6.93. The van der Waals surface area contributed by atoms with E-state index < -0.39 is 0 Å². The zero-order chi connectivity index (χ0) is 17.4. The summed E-state index contributed by atoms with van der Waals surface area (Å²) < 4.78 is 17.2. The number of amides is 1. The molecule has 6 heteroatoms. The van der Waals surface area contributed by atoms with Gasteiger partial charge in [0.1, 0.15) is 23.9 Å². The van der Waals surface area contributed by atoms with Gasteiger partial charge in [-0.2, -0.15) is 0 Å². The van der Waals surface area contributed by atoms with Gasteiger partial charge in [0.15, 0.2) is 0 Å². The third-order valence-electron chi connectivity index (χ3n) is 3.13. The molecule has 0 aliphatic carbocycles. The number of ether oxygens (including phenoxy) is 3. The number of likely N-dealkylation sites (N-methyl/N-ethyl adjacent to an activating group) is 1. The van der Waals surface area contributed by atoms with Gasteiger partial charge in [0.25, 0.3) is 0 Å². The molecular formula is C18H20BrNO4. The van der Waals surface area contributed by atoms with Crippen molar-refractivity contribution in [2.75, 3.05) is 26.8 Å². The maximum absolute atomic E-state index is 11.5. The predicted molar refractivity (Wildman–Crippen MR) is 95.8 cm³/mol. The first-order valence-electron chi connectivity index (χ1n) is 7.62. The van der Waals surface area contributed by atoms with Crippen molar-refractivity contribution in [2.24, 2.45) is 0 Å². The van der Waals surface area contributed by atoms with E-state index in [1.165, 1.54) is 4.90 Å². The Morgan fingerprint density at radius 1 is 1.08 bits per heavy atom. The van der Waals surface area contributed by atoms with Crippen LogP contribution in [0.25, 0.3) is 0 Å². The Morgan fingerprint density at radius 3 is 2.46 bits per heavy atom. The minimum absolute atomic E-state index is 0.348. The van der Waals surface area contributed by atoms with Crippen molar-refractivity contribution in [3.05, 3.63) is 53.0 Å². The number of hydrogen-bond donors (Lipinski definition) is 0. The third-order valence-corrected chi connectivity index (χ3v) is 3.62. The monoisotopic (exact) mass is 393 g/mol. The van der Waals surface area contributed by atoms with Crippen LogP contribution in [-0.2, 0) is 4.74 Å². The van der Waals surface area contributed by atoms with Gasteiger partial charge < -0.3 is 19.1 Å². The highest BCUT2D eigenvalue weighted by molar-refractivity contribution is 9.10. The molecule has 5 nitrogen and oxygen atoms in total. The van der Waals surface area contributed by atoms with Crippen molar-refractivity contribution in [1.29, 1.82) is 0 Å². The summed E-state index contributed by atoms with van der Waals surface area (Å²) in [6.07, 6.45) is -0.348. The van der Waals surface area contributed by atoms with Crippen molar-refractivity contribution < 1.29 is 19.0 Å². The van der Waals surface area contributed by atoms with Gasteiger partial charge in [-0.15, -0.1) is 0 Å². The highest BCUT2D eigenvalue weighted by Gasteiger charge is 2.08. The summed E-state index contributed by atoms with van der Waals surface area (Å²) in [6.45, 7) is 2.99. The molecule has 0 saturated carbocycles. The number of carbonyl (C=O) groups excluding carboxylic acids is 1. The number of rotatable bonds is 7. The third kappa shape index (κ3) is 5.77. The van der Waals surface area contributed by atoms with Gasteiger partial charge in [-0.05, 0) is 49.4 Å². The molecule has 0 bridgehead atoms. The summed E-state index contributed by atoms with van der Waals surface area (Å²) >= 11 is 3.41. The quantitative estimate of drug-likeness (QED) is 0.683. The number of hydrogen-bond acceptors (Lipinski definition) is 4. The molecule has 2 aromatic rings. The van der Waals surface area contributed by atoms with Crippen LogP contribution in [0.5, 0.6) is 17.2 Å². The first-order valence-corrected chi connectivity index (χ1v) is 8.42. The highest BCUT2D eigenvalue weighted by Crippen LogP contribution is 2.25. The standard InChI is InChI=1S/C18H20BrNO4/c1-3-22-18(21)20(2)11-12-23-15-7-9-16(10-8-15)24-17-6-4-5-14(19)13-17/h4-10,13H,3,11-12H2,1-2H3. The lowest BCUT2D eigenvalue weighted by Crippen LogP contribution is -2.31. The minimum atomic E-state index is -0.348. The lowest BCUT2D eigenvalue weighted by molar-refractivity contribution is 0.110. The molecule has 0 aliphatic rings. The molecule has 0 radical (unpaired) electrons. The molecule has 128 valence electrons. The fourth-order valence-corrected chi connectivity index (χ4v) is 2.27. The predicted octanol–water partition coefficient (Wildman–Crippen LogP) is 4.71. The van der Waals surface area contributed by atoms with Crippen LogP contribution in [0.4, 0.5) is 4.79 Å². The first kappa shape index (κ1) is 18.1. The van der Waals surface area contributed by atoms with Gasteiger partial charge in [-0.3, -0.25) is 0 Å². The summed E-state index contributed by atoms with van der Waals surface area (Å²) in [6, 6.07) is 15.0. The van der Waals surface area contributed by atoms with Crippen LogP contribution in [0.15, 0.2) is 53.0 Å². The summed E-state index contributed by atoms with van der Waals surface area (Å²) in [5.41, 5.74) is 0. The molecule has 0 saturated heterocycles. The van der Waals surface area contributed by atoms with Gasteiger partial charge in [0, 0.05) is 11.5 Å². The van der Waals surface area contributed by atoms with Crippen LogP contribution in [-0.4, -0.2) is 37.8 Å². The first-order chi connectivity index (χ1) is 11.6. The molecule has 0 aliphatic heterocycles. The molecule has 1 amide bonds. The minimum Gasteiger partial charge on any atom is -0.492 e. The zero-order valence-corrected chi connectivity index (χ0v) is 15.3. The fourth-order valence-electron chi connectivity index (χ4n) is 1.90. The molecule has 0 fully saturated rings.